The first-order valence-corrected chi connectivity index (χ1v) is 6.96. The summed E-state index contributed by atoms with van der Waals surface area (Å²) in [6.45, 7) is 0. The molecule has 4 rings (SSSR count). The van der Waals surface area contributed by atoms with Gasteiger partial charge < -0.3 is 0 Å². The highest BCUT2D eigenvalue weighted by atomic mass is 19.1. The van der Waals surface area contributed by atoms with Crippen molar-refractivity contribution < 1.29 is 4.39 Å². The molecule has 1 heteroatoms. The summed E-state index contributed by atoms with van der Waals surface area (Å²) in [7, 11) is 0. The Balaban J connectivity index is 2.20. The first kappa shape index (κ1) is 11.0. The maximum absolute atomic E-state index is 14.5. The highest BCUT2D eigenvalue weighted by Gasteiger charge is 2.16. The molecule has 0 aromatic heterocycles. The van der Waals surface area contributed by atoms with Gasteiger partial charge in [0.15, 0.2) is 0 Å². The number of hydrogen-bond acceptors (Lipinski definition) is 0. The van der Waals surface area contributed by atoms with Crippen LogP contribution in [0.3, 0.4) is 0 Å². The average molecular weight is 250 g/mol. The van der Waals surface area contributed by atoms with Crippen LogP contribution in [0.5, 0.6) is 0 Å². The molecule has 0 fully saturated rings. The van der Waals surface area contributed by atoms with Gasteiger partial charge in [-0.2, -0.15) is 0 Å². The first-order chi connectivity index (χ1) is 9.34. The van der Waals surface area contributed by atoms with Crippen LogP contribution in [0.1, 0.15) is 24.0 Å². The minimum atomic E-state index is -0.0625. The van der Waals surface area contributed by atoms with Gasteiger partial charge >= 0.3 is 0 Å². The molecule has 0 heterocycles. The maximum atomic E-state index is 14.5. The summed E-state index contributed by atoms with van der Waals surface area (Å²) in [6.07, 6.45) is 4.52. The minimum Gasteiger partial charge on any atom is -0.206 e. The van der Waals surface area contributed by atoms with E-state index in [0.29, 0.717) is 0 Å². The Morgan fingerprint density at radius 1 is 0.842 bits per heavy atom. The molecule has 0 amide bonds. The van der Waals surface area contributed by atoms with Crippen molar-refractivity contribution in [3.63, 3.8) is 0 Å². The van der Waals surface area contributed by atoms with Crippen molar-refractivity contribution in [1.29, 1.82) is 0 Å². The summed E-state index contributed by atoms with van der Waals surface area (Å²) in [4.78, 5) is 0. The SMILES string of the molecule is Fc1cc2ccccc2c2ccc3c(c12)CCCC3. The Bertz CT molecular complexity index is 786. The summed E-state index contributed by atoms with van der Waals surface area (Å²) >= 11 is 0. The van der Waals surface area contributed by atoms with Gasteiger partial charge in [0.1, 0.15) is 5.82 Å². The van der Waals surface area contributed by atoms with Crippen LogP contribution in [0, 0.1) is 5.82 Å². The number of benzene rings is 3. The summed E-state index contributed by atoms with van der Waals surface area (Å²) in [5, 5.41) is 4.07. The molecular weight excluding hydrogens is 235 g/mol. The van der Waals surface area contributed by atoms with Gasteiger partial charge in [0.05, 0.1) is 0 Å². The molecule has 1 aliphatic carbocycles. The molecule has 3 aromatic carbocycles. The van der Waals surface area contributed by atoms with Crippen LogP contribution >= 0.6 is 0 Å². The van der Waals surface area contributed by atoms with Crippen molar-refractivity contribution in [2.45, 2.75) is 25.7 Å². The molecule has 0 N–H and O–H groups in total. The molecule has 0 atom stereocenters. The zero-order chi connectivity index (χ0) is 12.8. The van der Waals surface area contributed by atoms with E-state index >= 15 is 0 Å². The Kier molecular flexibility index (Phi) is 2.34. The van der Waals surface area contributed by atoms with Gasteiger partial charge in [-0.05, 0) is 59.0 Å². The first-order valence-electron chi connectivity index (χ1n) is 6.96. The van der Waals surface area contributed by atoms with Crippen LogP contribution in [0.15, 0.2) is 42.5 Å². The van der Waals surface area contributed by atoms with E-state index in [9.17, 15) is 4.39 Å². The van der Waals surface area contributed by atoms with Crippen molar-refractivity contribution in [1.82, 2.24) is 0 Å². The van der Waals surface area contributed by atoms with Crippen LogP contribution in [-0.4, -0.2) is 0 Å². The molecule has 94 valence electrons. The van der Waals surface area contributed by atoms with E-state index in [1.807, 2.05) is 18.2 Å². The van der Waals surface area contributed by atoms with Gasteiger partial charge in [0.25, 0.3) is 0 Å². The van der Waals surface area contributed by atoms with Crippen LogP contribution in [-0.2, 0) is 12.8 Å². The van der Waals surface area contributed by atoms with E-state index in [0.717, 1.165) is 34.4 Å². The molecule has 0 aliphatic heterocycles. The molecule has 0 spiro atoms. The molecule has 0 unspecified atom stereocenters. The van der Waals surface area contributed by atoms with E-state index < -0.39 is 0 Å². The lowest BCUT2D eigenvalue weighted by molar-refractivity contribution is 0.635. The second-order valence-corrected chi connectivity index (χ2v) is 5.41. The lowest BCUT2D eigenvalue weighted by atomic mass is 9.86. The number of rotatable bonds is 0. The smallest absolute Gasteiger partial charge is 0.131 e. The summed E-state index contributed by atoms with van der Waals surface area (Å²) in [5.74, 6) is -0.0625. The van der Waals surface area contributed by atoms with Crippen molar-refractivity contribution >= 4 is 21.5 Å². The zero-order valence-electron chi connectivity index (χ0n) is 10.7. The molecule has 0 nitrogen and oxygen atoms in total. The molecule has 0 radical (unpaired) electrons. The van der Waals surface area contributed by atoms with Gasteiger partial charge in [-0.3, -0.25) is 0 Å². The van der Waals surface area contributed by atoms with E-state index in [-0.39, 0.29) is 5.82 Å². The third-order valence-corrected chi connectivity index (χ3v) is 4.30. The lowest BCUT2D eigenvalue weighted by Gasteiger charge is -2.19. The largest absolute Gasteiger partial charge is 0.206 e. The quantitative estimate of drug-likeness (QED) is 0.492. The number of fused-ring (bicyclic) bond motifs is 5. The van der Waals surface area contributed by atoms with Crippen molar-refractivity contribution in [3.05, 3.63) is 59.4 Å². The third-order valence-electron chi connectivity index (χ3n) is 4.30. The fourth-order valence-corrected chi connectivity index (χ4v) is 3.40. The van der Waals surface area contributed by atoms with Gasteiger partial charge in [-0.15, -0.1) is 0 Å². The Labute approximate surface area is 111 Å². The normalized spacial score (nSPS) is 14.8. The minimum absolute atomic E-state index is 0.0625. The van der Waals surface area contributed by atoms with Gasteiger partial charge in [0.2, 0.25) is 0 Å². The molecule has 0 saturated heterocycles. The average Bonchev–Trinajstić information content (AvgIpc) is 2.46. The molecule has 3 aromatic rings. The van der Waals surface area contributed by atoms with Gasteiger partial charge in [0, 0.05) is 5.39 Å². The maximum Gasteiger partial charge on any atom is 0.131 e. The molecule has 19 heavy (non-hydrogen) atoms. The van der Waals surface area contributed by atoms with Crippen LogP contribution in [0.25, 0.3) is 21.5 Å². The van der Waals surface area contributed by atoms with E-state index in [4.69, 9.17) is 0 Å². The Hall–Kier alpha value is -1.89. The topological polar surface area (TPSA) is 0 Å². The van der Waals surface area contributed by atoms with Crippen LogP contribution in [0.4, 0.5) is 4.39 Å². The van der Waals surface area contributed by atoms with E-state index in [1.165, 1.54) is 24.0 Å². The fraction of sp³-hybridized carbons (Fsp3) is 0.222. The molecule has 1 aliphatic rings. The predicted molar refractivity (Wildman–Crippen MR) is 78.1 cm³/mol. The van der Waals surface area contributed by atoms with Gasteiger partial charge in [-0.25, -0.2) is 4.39 Å². The summed E-state index contributed by atoms with van der Waals surface area (Å²) in [5.41, 5.74) is 2.58. The highest BCUT2D eigenvalue weighted by Crippen LogP contribution is 2.35. The van der Waals surface area contributed by atoms with Gasteiger partial charge in [-0.1, -0.05) is 36.4 Å². The summed E-state index contributed by atoms with van der Waals surface area (Å²) < 4.78 is 14.5. The van der Waals surface area contributed by atoms with Crippen molar-refractivity contribution in [2.24, 2.45) is 0 Å². The number of hydrogen-bond donors (Lipinski definition) is 0. The molecule has 0 saturated carbocycles. The fourth-order valence-electron chi connectivity index (χ4n) is 3.40. The summed E-state index contributed by atoms with van der Waals surface area (Å²) in [6, 6.07) is 14.1. The number of aryl methyl sites for hydroxylation is 2. The predicted octanol–water partition coefficient (Wildman–Crippen LogP) is 5.01. The Morgan fingerprint density at radius 2 is 1.68 bits per heavy atom. The van der Waals surface area contributed by atoms with Crippen LogP contribution in [0.2, 0.25) is 0 Å². The second-order valence-electron chi connectivity index (χ2n) is 5.41. The molecule has 0 bridgehead atoms. The van der Waals surface area contributed by atoms with Crippen molar-refractivity contribution in [2.75, 3.05) is 0 Å². The zero-order valence-corrected chi connectivity index (χ0v) is 10.7. The van der Waals surface area contributed by atoms with Crippen LogP contribution < -0.4 is 0 Å². The standard InChI is InChI=1S/C18H15F/c19-17-11-13-6-2-3-7-14(13)16-10-9-12-5-1-4-8-15(12)18(16)17/h2-3,6-7,9-11H,1,4-5,8H2. The monoisotopic (exact) mass is 250 g/mol. The third kappa shape index (κ3) is 1.58. The number of halogens is 1. The van der Waals surface area contributed by atoms with Crippen molar-refractivity contribution in [3.8, 4) is 0 Å². The lowest BCUT2D eigenvalue weighted by Crippen LogP contribution is -2.04. The Morgan fingerprint density at radius 3 is 2.63 bits per heavy atom. The molecular formula is C18H15F. The second kappa shape index (κ2) is 4.06. The van der Waals surface area contributed by atoms with E-state index in [1.54, 1.807) is 6.07 Å². The highest BCUT2D eigenvalue weighted by molar-refractivity contribution is 6.09. The van der Waals surface area contributed by atoms with E-state index in [2.05, 4.69) is 18.2 Å².